The van der Waals surface area contributed by atoms with Crippen molar-refractivity contribution in [2.45, 2.75) is 26.9 Å². The van der Waals surface area contributed by atoms with Crippen molar-refractivity contribution in [2.24, 2.45) is 0 Å². The van der Waals surface area contributed by atoms with Crippen molar-refractivity contribution in [3.63, 3.8) is 0 Å². The van der Waals surface area contributed by atoms with E-state index in [-0.39, 0.29) is 0 Å². The number of fused-ring (bicyclic) bond motifs is 1. The van der Waals surface area contributed by atoms with Crippen LogP contribution in [0.2, 0.25) is 0 Å². The van der Waals surface area contributed by atoms with Crippen LogP contribution in [-0.4, -0.2) is 4.98 Å². The Morgan fingerprint density at radius 1 is 0.917 bits per heavy atom. The maximum absolute atomic E-state index is 12.8. The number of aromatic nitrogens is 1. The highest BCUT2D eigenvalue weighted by Crippen LogP contribution is 2.32. The second-order valence-electron chi connectivity index (χ2n) is 6.01. The molecule has 0 bridgehead atoms. The molecule has 1 heterocycles. The molecule has 0 amide bonds. The number of alkyl halides is 3. The number of benzene rings is 2. The number of hydrogen-bond acceptors (Lipinski definition) is 2. The molecule has 0 fully saturated rings. The maximum atomic E-state index is 12.8. The predicted molar refractivity (Wildman–Crippen MR) is 90.7 cm³/mol. The van der Waals surface area contributed by atoms with Gasteiger partial charge in [0.25, 0.3) is 0 Å². The van der Waals surface area contributed by atoms with Crippen LogP contribution in [0, 0.1) is 20.8 Å². The number of nitrogens with one attached hydrogen (secondary N) is 1. The smallest absolute Gasteiger partial charge is 0.340 e. The summed E-state index contributed by atoms with van der Waals surface area (Å²) in [5.41, 5.74) is 3.76. The molecule has 1 N–H and O–H groups in total. The first-order chi connectivity index (χ1) is 11.2. The third-order valence-electron chi connectivity index (χ3n) is 3.92. The average molecular weight is 330 g/mol. The SMILES string of the molecule is Cc1cc(C)c2nc(Nc3cccc(C(F)(F)F)c3)cc(C)c2c1. The van der Waals surface area contributed by atoms with E-state index in [2.05, 4.69) is 16.4 Å². The van der Waals surface area contributed by atoms with Crippen LogP contribution >= 0.6 is 0 Å². The number of aryl methyl sites for hydroxylation is 3. The van der Waals surface area contributed by atoms with Crippen molar-refractivity contribution in [3.8, 4) is 0 Å². The Morgan fingerprint density at radius 2 is 1.67 bits per heavy atom. The molecule has 2 aromatic carbocycles. The largest absolute Gasteiger partial charge is 0.416 e. The second-order valence-corrected chi connectivity index (χ2v) is 6.01. The van der Waals surface area contributed by atoms with Crippen LogP contribution in [0.15, 0.2) is 42.5 Å². The van der Waals surface area contributed by atoms with E-state index in [1.54, 1.807) is 6.07 Å². The summed E-state index contributed by atoms with van der Waals surface area (Å²) < 4.78 is 38.5. The van der Waals surface area contributed by atoms with Crippen LogP contribution in [0.3, 0.4) is 0 Å². The monoisotopic (exact) mass is 330 g/mol. The molecule has 0 aliphatic heterocycles. The standard InChI is InChI=1S/C19H17F3N2/c1-11-7-13(3)18-16(8-11)12(2)9-17(24-18)23-15-6-4-5-14(10-15)19(20,21)22/h4-10H,1-3H3,(H,23,24). The molecule has 0 atom stereocenters. The van der Waals surface area contributed by atoms with Crippen molar-refractivity contribution in [2.75, 3.05) is 5.32 Å². The van der Waals surface area contributed by atoms with Crippen molar-refractivity contribution >= 4 is 22.4 Å². The van der Waals surface area contributed by atoms with Gasteiger partial charge >= 0.3 is 6.18 Å². The predicted octanol–water partition coefficient (Wildman–Crippen LogP) is 5.92. The molecule has 0 aliphatic rings. The lowest BCUT2D eigenvalue weighted by atomic mass is 10.0. The number of hydrogen-bond donors (Lipinski definition) is 1. The Labute approximate surface area is 138 Å². The molecule has 0 radical (unpaired) electrons. The van der Waals surface area contributed by atoms with Gasteiger partial charge in [-0.2, -0.15) is 13.2 Å². The zero-order valence-corrected chi connectivity index (χ0v) is 13.6. The highest BCUT2D eigenvalue weighted by Gasteiger charge is 2.30. The summed E-state index contributed by atoms with van der Waals surface area (Å²) in [4.78, 5) is 4.57. The molecule has 0 unspecified atom stereocenters. The first kappa shape index (κ1) is 16.3. The minimum atomic E-state index is -4.36. The molecule has 124 valence electrons. The third-order valence-corrected chi connectivity index (χ3v) is 3.92. The van der Waals surface area contributed by atoms with E-state index in [1.165, 1.54) is 6.07 Å². The van der Waals surface area contributed by atoms with Crippen molar-refractivity contribution in [1.29, 1.82) is 0 Å². The fourth-order valence-corrected chi connectivity index (χ4v) is 2.83. The Hall–Kier alpha value is -2.56. The second kappa shape index (κ2) is 5.82. The summed E-state index contributed by atoms with van der Waals surface area (Å²) in [7, 11) is 0. The summed E-state index contributed by atoms with van der Waals surface area (Å²) in [6.07, 6.45) is -4.36. The fraction of sp³-hybridized carbons (Fsp3) is 0.211. The van der Waals surface area contributed by atoms with Gasteiger partial charge in [-0.1, -0.05) is 17.7 Å². The normalized spacial score (nSPS) is 11.8. The first-order valence-corrected chi connectivity index (χ1v) is 7.57. The molecule has 0 spiro atoms. The fourth-order valence-electron chi connectivity index (χ4n) is 2.83. The topological polar surface area (TPSA) is 24.9 Å². The molecule has 0 saturated heterocycles. The van der Waals surface area contributed by atoms with Gasteiger partial charge in [0.05, 0.1) is 11.1 Å². The highest BCUT2D eigenvalue weighted by atomic mass is 19.4. The van der Waals surface area contributed by atoms with Crippen LogP contribution < -0.4 is 5.32 Å². The van der Waals surface area contributed by atoms with E-state index in [1.807, 2.05) is 32.9 Å². The Morgan fingerprint density at radius 3 is 2.38 bits per heavy atom. The quantitative estimate of drug-likeness (QED) is 0.630. The van der Waals surface area contributed by atoms with Gasteiger partial charge in [0.2, 0.25) is 0 Å². The lowest BCUT2D eigenvalue weighted by Gasteiger charge is -2.13. The van der Waals surface area contributed by atoms with E-state index in [9.17, 15) is 13.2 Å². The van der Waals surface area contributed by atoms with E-state index in [0.29, 0.717) is 11.5 Å². The lowest BCUT2D eigenvalue weighted by Crippen LogP contribution is -2.05. The van der Waals surface area contributed by atoms with E-state index in [4.69, 9.17) is 0 Å². The van der Waals surface area contributed by atoms with Crippen LogP contribution in [-0.2, 0) is 6.18 Å². The van der Waals surface area contributed by atoms with Gasteiger partial charge in [-0.3, -0.25) is 0 Å². The van der Waals surface area contributed by atoms with Crippen molar-refractivity contribution in [1.82, 2.24) is 4.98 Å². The van der Waals surface area contributed by atoms with Gasteiger partial charge in [0.15, 0.2) is 0 Å². The van der Waals surface area contributed by atoms with Gasteiger partial charge in [-0.05, 0) is 62.2 Å². The van der Waals surface area contributed by atoms with Crippen LogP contribution in [0.4, 0.5) is 24.7 Å². The van der Waals surface area contributed by atoms with Crippen molar-refractivity contribution in [3.05, 3.63) is 64.7 Å². The molecule has 24 heavy (non-hydrogen) atoms. The number of nitrogens with zero attached hydrogens (tertiary/aromatic N) is 1. The van der Waals surface area contributed by atoms with Gasteiger partial charge < -0.3 is 5.32 Å². The summed E-state index contributed by atoms with van der Waals surface area (Å²) in [6.45, 7) is 5.98. The van der Waals surface area contributed by atoms with Crippen LogP contribution in [0.25, 0.3) is 10.9 Å². The number of halogens is 3. The molecule has 3 aromatic rings. The summed E-state index contributed by atoms with van der Waals surface area (Å²) >= 11 is 0. The molecule has 0 saturated carbocycles. The molecule has 5 heteroatoms. The zero-order valence-electron chi connectivity index (χ0n) is 13.6. The van der Waals surface area contributed by atoms with E-state index >= 15 is 0 Å². The summed E-state index contributed by atoms with van der Waals surface area (Å²) in [5.74, 6) is 0.534. The van der Waals surface area contributed by atoms with Crippen LogP contribution in [0.1, 0.15) is 22.3 Å². The molecular weight excluding hydrogens is 313 g/mol. The molecule has 2 nitrogen and oxygen atoms in total. The molecular formula is C19H17F3N2. The zero-order chi connectivity index (χ0) is 17.5. The Kier molecular flexibility index (Phi) is 3.95. The van der Waals surface area contributed by atoms with Gasteiger partial charge in [0.1, 0.15) is 5.82 Å². The highest BCUT2D eigenvalue weighted by molar-refractivity contribution is 5.87. The minimum absolute atomic E-state index is 0.362. The van der Waals surface area contributed by atoms with E-state index < -0.39 is 11.7 Å². The number of rotatable bonds is 2. The number of pyridine rings is 1. The summed E-state index contributed by atoms with van der Waals surface area (Å²) in [5, 5.41) is 4.04. The number of anilines is 2. The molecule has 1 aromatic heterocycles. The van der Waals surface area contributed by atoms with Gasteiger partial charge in [-0.25, -0.2) is 4.98 Å². The van der Waals surface area contributed by atoms with Crippen LogP contribution in [0.5, 0.6) is 0 Å². The minimum Gasteiger partial charge on any atom is -0.340 e. The first-order valence-electron chi connectivity index (χ1n) is 7.57. The van der Waals surface area contributed by atoms with Crippen molar-refractivity contribution < 1.29 is 13.2 Å². The molecule has 3 rings (SSSR count). The van der Waals surface area contributed by atoms with Gasteiger partial charge in [-0.15, -0.1) is 0 Å². The summed E-state index contributed by atoms with van der Waals surface area (Å²) in [6, 6.07) is 11.1. The Bertz CT molecular complexity index is 914. The Balaban J connectivity index is 2.02. The van der Waals surface area contributed by atoms with Gasteiger partial charge in [0, 0.05) is 11.1 Å². The van der Waals surface area contributed by atoms with E-state index in [0.717, 1.165) is 39.7 Å². The maximum Gasteiger partial charge on any atom is 0.416 e. The molecule has 0 aliphatic carbocycles. The lowest BCUT2D eigenvalue weighted by molar-refractivity contribution is -0.137. The average Bonchev–Trinajstić information content (AvgIpc) is 2.48. The third kappa shape index (κ3) is 3.20.